The molecule has 0 fully saturated rings. The van der Waals surface area contributed by atoms with Gasteiger partial charge in [-0.1, -0.05) is 11.6 Å². The van der Waals surface area contributed by atoms with E-state index in [1.54, 1.807) is 30.5 Å². The van der Waals surface area contributed by atoms with Gasteiger partial charge in [0.2, 0.25) is 0 Å². The summed E-state index contributed by atoms with van der Waals surface area (Å²) in [6.07, 6.45) is 2.32. The van der Waals surface area contributed by atoms with Crippen molar-refractivity contribution >= 4 is 33.8 Å². The summed E-state index contributed by atoms with van der Waals surface area (Å²) in [4.78, 5) is 10.9. The summed E-state index contributed by atoms with van der Waals surface area (Å²) < 4.78 is 6.10. The molecule has 0 N–H and O–H groups in total. The minimum Gasteiger partial charge on any atom is -0.463 e. The van der Waals surface area contributed by atoms with Crippen molar-refractivity contribution in [2.45, 2.75) is 0 Å². The third-order valence-electron chi connectivity index (χ3n) is 2.00. The van der Waals surface area contributed by atoms with E-state index in [0.29, 0.717) is 16.3 Å². The summed E-state index contributed by atoms with van der Waals surface area (Å²) in [5, 5.41) is 0.531. The van der Waals surface area contributed by atoms with E-state index in [2.05, 4.69) is 15.9 Å². The highest BCUT2D eigenvalue weighted by atomic mass is 79.9. The molecule has 15 heavy (non-hydrogen) atoms. The summed E-state index contributed by atoms with van der Waals surface area (Å²) >= 11 is 9.14. The molecule has 4 heteroatoms. The molecule has 2 nitrogen and oxygen atoms in total. The van der Waals surface area contributed by atoms with Crippen molar-refractivity contribution in [2.24, 2.45) is 0 Å². The Labute approximate surface area is 100.0 Å². The molecule has 0 aliphatic heterocycles. The number of benzene rings is 1. The number of halogens is 2. The highest BCUT2D eigenvalue weighted by molar-refractivity contribution is 9.10. The van der Waals surface area contributed by atoms with Crippen LogP contribution in [0.15, 0.2) is 39.4 Å². The number of carbonyl (C=O) groups excluding carboxylic acids is 1. The second-order valence-electron chi connectivity index (χ2n) is 2.95. The van der Waals surface area contributed by atoms with Crippen LogP contribution < -0.4 is 0 Å². The Balaban J connectivity index is 2.63. The number of aldehydes is 1. The first-order valence-corrected chi connectivity index (χ1v) is 5.37. The fraction of sp³-hybridized carbons (Fsp3) is 0. The first-order valence-electron chi connectivity index (χ1n) is 4.20. The van der Waals surface area contributed by atoms with E-state index >= 15 is 0 Å². The van der Waals surface area contributed by atoms with Crippen molar-refractivity contribution in [3.8, 4) is 11.3 Å². The lowest BCUT2D eigenvalue weighted by molar-refractivity contribution is 0.112. The fourth-order valence-electron chi connectivity index (χ4n) is 1.32. The van der Waals surface area contributed by atoms with Crippen LogP contribution in [0.2, 0.25) is 5.02 Å². The van der Waals surface area contributed by atoms with Crippen molar-refractivity contribution in [1.29, 1.82) is 0 Å². The lowest BCUT2D eigenvalue weighted by Crippen LogP contribution is -1.86. The number of furan rings is 1. The van der Waals surface area contributed by atoms with E-state index in [1.807, 2.05) is 0 Å². The van der Waals surface area contributed by atoms with E-state index in [-0.39, 0.29) is 0 Å². The minimum atomic E-state index is 0.512. The molecule has 0 bridgehead atoms. The van der Waals surface area contributed by atoms with Crippen molar-refractivity contribution in [1.82, 2.24) is 0 Å². The monoisotopic (exact) mass is 284 g/mol. The predicted molar refractivity (Wildman–Crippen MR) is 62.2 cm³/mol. The Morgan fingerprint density at radius 3 is 2.73 bits per heavy atom. The van der Waals surface area contributed by atoms with Crippen LogP contribution in [0.1, 0.15) is 10.4 Å². The maximum atomic E-state index is 10.9. The van der Waals surface area contributed by atoms with E-state index in [0.717, 1.165) is 16.3 Å². The van der Waals surface area contributed by atoms with Crippen LogP contribution in [0.3, 0.4) is 0 Å². The molecule has 76 valence electrons. The third kappa shape index (κ3) is 1.98. The van der Waals surface area contributed by atoms with Gasteiger partial charge in [-0.15, -0.1) is 0 Å². The molecule has 1 aromatic heterocycles. The Hall–Kier alpha value is -1.06. The molecular weight excluding hydrogens is 279 g/mol. The molecule has 0 radical (unpaired) electrons. The first kappa shape index (κ1) is 10.5. The van der Waals surface area contributed by atoms with Gasteiger partial charge in [-0.2, -0.15) is 0 Å². The van der Waals surface area contributed by atoms with E-state index in [9.17, 15) is 4.79 Å². The van der Waals surface area contributed by atoms with Crippen molar-refractivity contribution in [3.63, 3.8) is 0 Å². The number of carbonyl (C=O) groups is 1. The van der Waals surface area contributed by atoms with Crippen molar-refractivity contribution < 1.29 is 9.21 Å². The number of hydrogen-bond donors (Lipinski definition) is 0. The quantitative estimate of drug-likeness (QED) is 0.775. The van der Waals surface area contributed by atoms with Crippen molar-refractivity contribution in [2.75, 3.05) is 0 Å². The van der Waals surface area contributed by atoms with Crippen LogP contribution in [0.25, 0.3) is 11.3 Å². The Bertz CT molecular complexity index is 505. The standard InChI is InChI=1S/C11H6BrClO2/c12-10-3-4-15-11(10)9-2-1-8(13)5-7(9)6-14/h1-6H. The fourth-order valence-corrected chi connectivity index (χ4v) is 1.92. The SMILES string of the molecule is O=Cc1cc(Cl)ccc1-c1occc1Br. The van der Waals surface area contributed by atoms with Gasteiger partial charge in [0.05, 0.1) is 10.7 Å². The van der Waals surface area contributed by atoms with Gasteiger partial charge in [-0.25, -0.2) is 0 Å². The zero-order chi connectivity index (χ0) is 10.8. The lowest BCUT2D eigenvalue weighted by atomic mass is 10.1. The molecular formula is C11H6BrClO2. The highest BCUT2D eigenvalue weighted by Crippen LogP contribution is 2.32. The van der Waals surface area contributed by atoms with Gasteiger partial charge in [0.25, 0.3) is 0 Å². The topological polar surface area (TPSA) is 30.2 Å². The van der Waals surface area contributed by atoms with Crippen LogP contribution >= 0.6 is 27.5 Å². The first-order chi connectivity index (χ1) is 7.22. The smallest absolute Gasteiger partial charge is 0.150 e. The summed E-state index contributed by atoms with van der Waals surface area (Å²) in [6, 6.07) is 6.87. The molecule has 0 aliphatic carbocycles. The number of hydrogen-bond acceptors (Lipinski definition) is 2. The van der Waals surface area contributed by atoms with Crippen molar-refractivity contribution in [3.05, 3.63) is 45.6 Å². The Morgan fingerprint density at radius 2 is 2.13 bits per heavy atom. The molecule has 0 amide bonds. The van der Waals surface area contributed by atoms with Gasteiger partial charge in [0, 0.05) is 16.1 Å². The summed E-state index contributed by atoms with van der Waals surface area (Å²) in [5.41, 5.74) is 1.24. The zero-order valence-electron chi connectivity index (χ0n) is 7.54. The Morgan fingerprint density at radius 1 is 1.33 bits per heavy atom. The van der Waals surface area contributed by atoms with Gasteiger partial charge < -0.3 is 4.42 Å². The van der Waals surface area contributed by atoms with E-state index < -0.39 is 0 Å². The normalized spacial score (nSPS) is 10.3. The van der Waals surface area contributed by atoms with Gasteiger partial charge >= 0.3 is 0 Å². The van der Waals surface area contributed by atoms with Crippen LogP contribution in [-0.2, 0) is 0 Å². The largest absolute Gasteiger partial charge is 0.463 e. The molecule has 0 aliphatic rings. The van der Waals surface area contributed by atoms with E-state index in [1.165, 1.54) is 0 Å². The predicted octanol–water partition coefficient (Wildman–Crippen LogP) is 4.18. The Kier molecular flexibility index (Phi) is 2.93. The molecule has 0 unspecified atom stereocenters. The van der Waals surface area contributed by atoms with Gasteiger partial charge in [0.1, 0.15) is 5.76 Å². The second kappa shape index (κ2) is 4.21. The highest BCUT2D eigenvalue weighted by Gasteiger charge is 2.11. The number of rotatable bonds is 2. The summed E-state index contributed by atoms with van der Waals surface area (Å²) in [7, 11) is 0. The molecule has 0 atom stereocenters. The van der Waals surface area contributed by atoms with Crippen LogP contribution in [0.5, 0.6) is 0 Å². The second-order valence-corrected chi connectivity index (χ2v) is 4.24. The van der Waals surface area contributed by atoms with Crippen LogP contribution in [-0.4, -0.2) is 6.29 Å². The van der Waals surface area contributed by atoms with Gasteiger partial charge in [0.15, 0.2) is 6.29 Å². The maximum absolute atomic E-state index is 10.9. The molecule has 0 saturated carbocycles. The van der Waals surface area contributed by atoms with Crippen LogP contribution in [0, 0.1) is 0 Å². The summed E-state index contributed by atoms with van der Waals surface area (Å²) in [5.74, 6) is 0.633. The molecule has 1 aromatic carbocycles. The van der Waals surface area contributed by atoms with Gasteiger partial charge in [-0.3, -0.25) is 4.79 Å². The molecule has 2 aromatic rings. The average Bonchev–Trinajstić information content (AvgIpc) is 2.64. The van der Waals surface area contributed by atoms with Crippen LogP contribution in [0.4, 0.5) is 0 Å². The molecule has 2 rings (SSSR count). The lowest BCUT2D eigenvalue weighted by Gasteiger charge is -2.02. The molecule has 0 spiro atoms. The molecule has 0 saturated heterocycles. The zero-order valence-corrected chi connectivity index (χ0v) is 9.88. The maximum Gasteiger partial charge on any atom is 0.150 e. The molecule has 1 heterocycles. The summed E-state index contributed by atoms with van der Waals surface area (Å²) in [6.45, 7) is 0. The van der Waals surface area contributed by atoms with E-state index in [4.69, 9.17) is 16.0 Å². The third-order valence-corrected chi connectivity index (χ3v) is 2.86. The van der Waals surface area contributed by atoms with Gasteiger partial charge in [-0.05, 0) is 40.2 Å². The minimum absolute atomic E-state index is 0.512. The average molecular weight is 286 g/mol.